The van der Waals surface area contributed by atoms with Gasteiger partial charge in [0, 0.05) is 17.5 Å². The first-order chi connectivity index (χ1) is 11.4. The lowest BCUT2D eigenvalue weighted by molar-refractivity contribution is -0.143. The van der Waals surface area contributed by atoms with Gasteiger partial charge in [-0.25, -0.2) is 4.79 Å². The highest BCUT2D eigenvalue weighted by Gasteiger charge is 2.25. The van der Waals surface area contributed by atoms with Gasteiger partial charge in [0.1, 0.15) is 12.1 Å². The van der Waals surface area contributed by atoms with Crippen LogP contribution in [0.4, 0.5) is 0 Å². The Morgan fingerprint density at radius 3 is 2.54 bits per heavy atom. The number of carbonyl (C=O) groups is 2. The average molecular weight is 330 g/mol. The Labute approximate surface area is 140 Å². The van der Waals surface area contributed by atoms with Crippen molar-refractivity contribution in [3.8, 4) is 0 Å². The number of benzene rings is 1. The molecule has 0 aliphatic rings. The van der Waals surface area contributed by atoms with Gasteiger partial charge in [0.2, 0.25) is 5.91 Å². The molecule has 0 aliphatic carbocycles. The Morgan fingerprint density at radius 1 is 1.17 bits per heavy atom. The minimum absolute atomic E-state index is 0.0559. The van der Waals surface area contributed by atoms with Crippen molar-refractivity contribution in [2.24, 2.45) is 5.92 Å². The number of carboxylic acids is 1. The van der Waals surface area contributed by atoms with Crippen molar-refractivity contribution in [1.29, 1.82) is 0 Å². The Bertz CT molecular complexity index is 730. The molecule has 128 valence electrons. The van der Waals surface area contributed by atoms with E-state index in [4.69, 9.17) is 0 Å². The molecule has 1 amide bonds. The summed E-state index contributed by atoms with van der Waals surface area (Å²) in [7, 11) is 0. The molecule has 2 aromatic rings. The third-order valence-electron chi connectivity index (χ3n) is 3.68. The average Bonchev–Trinajstić information content (AvgIpc) is 2.53. The van der Waals surface area contributed by atoms with E-state index >= 15 is 0 Å². The Morgan fingerprint density at radius 2 is 1.88 bits per heavy atom. The van der Waals surface area contributed by atoms with Gasteiger partial charge in [-0.05, 0) is 24.5 Å². The number of aliphatic hydroxyl groups is 1. The summed E-state index contributed by atoms with van der Waals surface area (Å²) in [6.45, 7) is 3.76. The van der Waals surface area contributed by atoms with Gasteiger partial charge >= 0.3 is 5.97 Å². The summed E-state index contributed by atoms with van der Waals surface area (Å²) in [6, 6.07) is 10.0. The molecule has 6 heteroatoms. The van der Waals surface area contributed by atoms with Gasteiger partial charge in [-0.15, -0.1) is 0 Å². The maximum absolute atomic E-state index is 12.0. The molecule has 0 unspecified atom stereocenters. The van der Waals surface area contributed by atoms with Crippen LogP contribution in [0.1, 0.15) is 26.0 Å². The quantitative estimate of drug-likeness (QED) is 0.718. The number of fused-ring (bicyclic) bond motifs is 1. The number of para-hydroxylation sites is 1. The molecule has 2 atom stereocenters. The van der Waals surface area contributed by atoms with Crippen LogP contribution in [-0.2, 0) is 16.0 Å². The van der Waals surface area contributed by atoms with Gasteiger partial charge in [-0.1, -0.05) is 38.1 Å². The van der Waals surface area contributed by atoms with Crippen LogP contribution >= 0.6 is 0 Å². The van der Waals surface area contributed by atoms with E-state index in [-0.39, 0.29) is 18.8 Å². The van der Waals surface area contributed by atoms with E-state index in [1.165, 1.54) is 0 Å². The maximum Gasteiger partial charge on any atom is 0.326 e. The Balaban J connectivity index is 2.09. The zero-order valence-corrected chi connectivity index (χ0v) is 13.8. The smallest absolute Gasteiger partial charge is 0.326 e. The minimum atomic E-state index is -1.21. The van der Waals surface area contributed by atoms with Gasteiger partial charge in [-0.3, -0.25) is 9.78 Å². The van der Waals surface area contributed by atoms with Gasteiger partial charge < -0.3 is 15.5 Å². The van der Waals surface area contributed by atoms with Crippen LogP contribution in [0.25, 0.3) is 10.9 Å². The minimum Gasteiger partial charge on any atom is -0.480 e. The zero-order chi connectivity index (χ0) is 17.7. The molecule has 0 spiro atoms. The van der Waals surface area contributed by atoms with Crippen molar-refractivity contribution in [2.45, 2.75) is 38.8 Å². The fourth-order valence-electron chi connectivity index (χ4n) is 2.45. The number of aromatic nitrogens is 1. The lowest BCUT2D eigenvalue weighted by Crippen LogP contribution is -2.47. The van der Waals surface area contributed by atoms with E-state index in [2.05, 4.69) is 10.3 Å². The summed E-state index contributed by atoms with van der Waals surface area (Å²) in [5, 5.41) is 22.5. The van der Waals surface area contributed by atoms with E-state index in [0.29, 0.717) is 5.69 Å². The summed E-state index contributed by atoms with van der Waals surface area (Å²) < 4.78 is 0. The van der Waals surface area contributed by atoms with Gasteiger partial charge in [-0.2, -0.15) is 0 Å². The number of pyridine rings is 1. The highest BCUT2D eigenvalue weighted by Crippen LogP contribution is 2.13. The van der Waals surface area contributed by atoms with Crippen molar-refractivity contribution in [3.63, 3.8) is 0 Å². The summed E-state index contributed by atoms with van der Waals surface area (Å²) in [5.74, 6) is -1.69. The van der Waals surface area contributed by atoms with E-state index in [1.807, 2.05) is 44.2 Å². The molecule has 0 bridgehead atoms. The number of aliphatic carboxylic acids is 1. The van der Waals surface area contributed by atoms with Crippen molar-refractivity contribution in [2.75, 3.05) is 0 Å². The predicted molar refractivity (Wildman–Crippen MR) is 90.5 cm³/mol. The Kier molecular flexibility index (Phi) is 5.87. The molecule has 6 nitrogen and oxygen atoms in total. The highest BCUT2D eigenvalue weighted by molar-refractivity contribution is 5.86. The molecule has 2 rings (SSSR count). The highest BCUT2D eigenvalue weighted by atomic mass is 16.4. The zero-order valence-electron chi connectivity index (χ0n) is 13.8. The first-order valence-corrected chi connectivity index (χ1v) is 7.92. The number of amides is 1. The molecule has 1 heterocycles. The second-order valence-corrected chi connectivity index (χ2v) is 6.24. The molecular formula is C18H22N2O4. The number of nitrogens with zero attached hydrogens (tertiary/aromatic N) is 1. The van der Waals surface area contributed by atoms with E-state index in [0.717, 1.165) is 10.9 Å². The largest absolute Gasteiger partial charge is 0.480 e. The monoisotopic (exact) mass is 330 g/mol. The van der Waals surface area contributed by atoms with Crippen molar-refractivity contribution >= 4 is 22.8 Å². The normalized spacial score (nSPS) is 13.7. The van der Waals surface area contributed by atoms with E-state index < -0.39 is 24.0 Å². The molecule has 24 heavy (non-hydrogen) atoms. The van der Waals surface area contributed by atoms with Crippen LogP contribution in [0.2, 0.25) is 0 Å². The summed E-state index contributed by atoms with van der Waals surface area (Å²) in [6.07, 6.45) is -0.872. The van der Waals surface area contributed by atoms with Crippen LogP contribution in [0, 0.1) is 5.92 Å². The van der Waals surface area contributed by atoms with Crippen molar-refractivity contribution in [1.82, 2.24) is 10.3 Å². The predicted octanol–water partition coefficient (Wildman–Crippen LogP) is 1.75. The topological polar surface area (TPSA) is 99.5 Å². The lowest BCUT2D eigenvalue weighted by atomic mass is 10.0. The molecule has 0 fully saturated rings. The fraction of sp³-hybridized carbons (Fsp3) is 0.389. The number of aliphatic hydroxyl groups excluding tert-OH is 1. The van der Waals surface area contributed by atoms with E-state index in [1.54, 1.807) is 6.07 Å². The van der Waals surface area contributed by atoms with Crippen molar-refractivity contribution in [3.05, 3.63) is 42.1 Å². The van der Waals surface area contributed by atoms with Gasteiger partial charge in [0.15, 0.2) is 0 Å². The fourth-order valence-corrected chi connectivity index (χ4v) is 2.45. The second kappa shape index (κ2) is 7.88. The first-order valence-electron chi connectivity index (χ1n) is 7.92. The van der Waals surface area contributed by atoms with Crippen LogP contribution < -0.4 is 5.32 Å². The summed E-state index contributed by atoms with van der Waals surface area (Å²) >= 11 is 0. The summed E-state index contributed by atoms with van der Waals surface area (Å²) in [4.78, 5) is 27.8. The molecule has 1 aromatic heterocycles. The number of carboxylic acid groups (broad SMARTS) is 1. The number of carbonyl (C=O) groups excluding carboxylic acids is 1. The van der Waals surface area contributed by atoms with E-state index in [9.17, 15) is 19.8 Å². The molecular weight excluding hydrogens is 308 g/mol. The number of rotatable bonds is 7. The molecule has 3 N–H and O–H groups in total. The maximum atomic E-state index is 12.0. The third-order valence-corrected chi connectivity index (χ3v) is 3.68. The first kappa shape index (κ1) is 17.9. The SMILES string of the molecule is CC(C)C[C@@H](O)C(=O)N[C@H](Cc1ccc2ccccc2n1)C(=O)O. The van der Waals surface area contributed by atoms with Gasteiger partial charge in [0.25, 0.3) is 0 Å². The molecule has 1 aromatic carbocycles. The second-order valence-electron chi connectivity index (χ2n) is 6.24. The standard InChI is InChI=1S/C18H22N2O4/c1-11(2)9-16(21)17(22)20-15(18(23)24)10-13-8-7-12-5-3-4-6-14(12)19-13/h3-8,11,15-16,21H,9-10H2,1-2H3,(H,20,22)(H,23,24)/t15-,16-/m1/s1. The van der Waals surface area contributed by atoms with Crippen LogP contribution in [0.5, 0.6) is 0 Å². The third kappa shape index (κ3) is 4.76. The van der Waals surface area contributed by atoms with Crippen LogP contribution in [0.3, 0.4) is 0 Å². The molecule has 0 saturated heterocycles. The Hall–Kier alpha value is -2.47. The number of nitrogens with one attached hydrogen (secondary N) is 1. The number of hydrogen-bond acceptors (Lipinski definition) is 4. The molecule has 0 aliphatic heterocycles. The van der Waals surface area contributed by atoms with Crippen LogP contribution in [0.15, 0.2) is 36.4 Å². The number of hydrogen-bond donors (Lipinski definition) is 3. The lowest BCUT2D eigenvalue weighted by Gasteiger charge is -2.18. The summed E-state index contributed by atoms with van der Waals surface area (Å²) in [5.41, 5.74) is 1.34. The molecule has 0 radical (unpaired) electrons. The molecule has 0 saturated carbocycles. The van der Waals surface area contributed by atoms with Gasteiger partial charge in [0.05, 0.1) is 5.52 Å². The van der Waals surface area contributed by atoms with Crippen molar-refractivity contribution < 1.29 is 19.8 Å². The van der Waals surface area contributed by atoms with Crippen LogP contribution in [-0.4, -0.2) is 39.2 Å².